The highest BCUT2D eigenvalue weighted by Gasteiger charge is 2.64. The second-order valence-corrected chi connectivity index (χ2v) is 3.87. The van der Waals surface area contributed by atoms with Gasteiger partial charge in [-0.2, -0.15) is 0 Å². The van der Waals surface area contributed by atoms with Crippen molar-refractivity contribution in [1.82, 2.24) is 0 Å². The van der Waals surface area contributed by atoms with Gasteiger partial charge in [0.2, 0.25) is 0 Å². The fourth-order valence-electron chi connectivity index (χ4n) is 2.46. The van der Waals surface area contributed by atoms with Gasteiger partial charge in [-0.25, -0.2) is 0 Å². The lowest BCUT2D eigenvalue weighted by Crippen LogP contribution is -2.50. The zero-order valence-electron chi connectivity index (χ0n) is 8.73. The fraction of sp³-hybridized carbons (Fsp3) is 1.00. The normalized spacial score (nSPS) is 51.4. The molecule has 2 fully saturated rings. The van der Waals surface area contributed by atoms with E-state index in [1.54, 1.807) is 14.2 Å². The molecule has 0 N–H and O–H groups in total. The first-order valence-electron chi connectivity index (χ1n) is 4.76. The molecular formula is C9H15BO4. The topological polar surface area (TPSA) is 36.9 Å². The molecule has 0 saturated carbocycles. The molecule has 2 heterocycles. The largest absolute Gasteiger partial charge is 0.381 e. The molecule has 2 aliphatic rings. The summed E-state index contributed by atoms with van der Waals surface area (Å²) < 4.78 is 21.9. The number of rotatable bonds is 3. The molecule has 0 aromatic heterocycles. The smallest absolute Gasteiger partial charge is 0.145 e. The average Bonchev–Trinajstić information content (AvgIpc) is 2.54. The lowest BCUT2D eigenvalue weighted by Gasteiger charge is -2.34. The van der Waals surface area contributed by atoms with E-state index in [2.05, 4.69) is 0 Å². The van der Waals surface area contributed by atoms with Gasteiger partial charge >= 0.3 is 0 Å². The minimum absolute atomic E-state index is 0.0443. The van der Waals surface area contributed by atoms with E-state index in [-0.39, 0.29) is 18.3 Å². The Labute approximate surface area is 85.3 Å². The molecule has 2 radical (unpaired) electrons. The maximum atomic E-state index is 5.78. The quantitative estimate of drug-likeness (QED) is 0.583. The van der Waals surface area contributed by atoms with Crippen molar-refractivity contribution in [3.05, 3.63) is 0 Å². The van der Waals surface area contributed by atoms with Gasteiger partial charge in [0.15, 0.2) is 0 Å². The first kappa shape index (κ1) is 10.4. The van der Waals surface area contributed by atoms with Crippen molar-refractivity contribution < 1.29 is 18.9 Å². The van der Waals surface area contributed by atoms with Crippen LogP contribution in [0.4, 0.5) is 0 Å². The number of hydrogen-bond acceptors (Lipinski definition) is 4. The summed E-state index contributed by atoms with van der Waals surface area (Å²) in [4.78, 5) is 0. The van der Waals surface area contributed by atoms with Crippen molar-refractivity contribution >= 4 is 7.85 Å². The van der Waals surface area contributed by atoms with E-state index in [1.807, 2.05) is 6.92 Å². The maximum absolute atomic E-state index is 5.78. The molecule has 0 amide bonds. The predicted octanol–water partition coefficient (Wildman–Crippen LogP) is -0.301. The highest BCUT2D eigenvalue weighted by molar-refractivity contribution is 6.11. The summed E-state index contributed by atoms with van der Waals surface area (Å²) in [5.74, 6) is 0. The minimum Gasteiger partial charge on any atom is -0.381 e. The molecule has 0 aliphatic carbocycles. The Morgan fingerprint density at radius 3 is 2.71 bits per heavy atom. The van der Waals surface area contributed by atoms with Crippen LogP contribution in [0.1, 0.15) is 6.92 Å². The highest BCUT2D eigenvalue weighted by Crippen LogP contribution is 2.44. The third kappa shape index (κ3) is 1.16. The summed E-state index contributed by atoms with van der Waals surface area (Å²) in [6.07, 6.45) is -0.352. The van der Waals surface area contributed by atoms with E-state index in [0.717, 1.165) is 0 Å². The molecule has 5 heteroatoms. The van der Waals surface area contributed by atoms with Crippen LogP contribution in [0.3, 0.4) is 0 Å². The van der Waals surface area contributed by atoms with Gasteiger partial charge in [0, 0.05) is 20.2 Å². The summed E-state index contributed by atoms with van der Waals surface area (Å²) in [5, 5.41) is 0. The molecular weight excluding hydrogens is 183 g/mol. The first-order valence-corrected chi connectivity index (χ1v) is 4.76. The van der Waals surface area contributed by atoms with Gasteiger partial charge in [-0.15, -0.1) is 0 Å². The van der Waals surface area contributed by atoms with Gasteiger partial charge in [0.25, 0.3) is 0 Å². The van der Waals surface area contributed by atoms with Crippen LogP contribution < -0.4 is 0 Å². The van der Waals surface area contributed by atoms with Gasteiger partial charge in [-0.3, -0.25) is 0 Å². The molecule has 3 unspecified atom stereocenters. The Hall–Kier alpha value is -0.0951. The molecule has 2 bridgehead atoms. The van der Waals surface area contributed by atoms with Crippen molar-refractivity contribution in [2.24, 2.45) is 0 Å². The monoisotopic (exact) mass is 198 g/mol. The van der Waals surface area contributed by atoms with Crippen LogP contribution >= 0.6 is 0 Å². The predicted molar refractivity (Wildman–Crippen MR) is 50.4 cm³/mol. The van der Waals surface area contributed by atoms with E-state index in [1.165, 1.54) is 0 Å². The van der Waals surface area contributed by atoms with Gasteiger partial charge in [-0.05, 0) is 6.92 Å². The van der Waals surface area contributed by atoms with E-state index in [0.29, 0.717) is 6.61 Å². The second-order valence-electron chi connectivity index (χ2n) is 3.87. The molecule has 0 spiro atoms. The second kappa shape index (κ2) is 3.49. The molecule has 14 heavy (non-hydrogen) atoms. The van der Waals surface area contributed by atoms with Crippen molar-refractivity contribution in [1.29, 1.82) is 0 Å². The lowest BCUT2D eigenvalue weighted by atomic mass is 9.90. The zero-order chi connectivity index (χ0) is 10.3. The summed E-state index contributed by atoms with van der Waals surface area (Å²) in [5.41, 5.74) is -0.534. The van der Waals surface area contributed by atoms with Crippen LogP contribution in [0.2, 0.25) is 0 Å². The zero-order valence-corrected chi connectivity index (χ0v) is 8.73. The summed E-state index contributed by atoms with van der Waals surface area (Å²) >= 11 is 0. The molecule has 78 valence electrons. The Morgan fingerprint density at radius 1 is 1.43 bits per heavy atom. The number of fused-ring (bicyclic) bond motifs is 2. The average molecular weight is 198 g/mol. The minimum atomic E-state index is -0.534. The number of hydrogen-bond donors (Lipinski definition) is 0. The third-order valence-electron chi connectivity index (χ3n) is 3.13. The molecule has 0 aromatic rings. The third-order valence-corrected chi connectivity index (χ3v) is 3.13. The maximum Gasteiger partial charge on any atom is 0.145 e. The standard InChI is InChI=1S/C9H15BO4/c1-5-9(4-11-2)7(12-3)6(13-5)8(10)14-9/h5-8H,4H2,1-3H3/t5?,6?,7?,8-,9+/m1/s1. The van der Waals surface area contributed by atoms with Crippen LogP contribution in [0.15, 0.2) is 0 Å². The number of ether oxygens (including phenoxy) is 4. The molecule has 5 atom stereocenters. The molecule has 2 rings (SSSR count). The van der Waals surface area contributed by atoms with E-state index in [9.17, 15) is 0 Å². The van der Waals surface area contributed by atoms with E-state index < -0.39 is 11.6 Å². The molecule has 2 aliphatic heterocycles. The molecule has 4 nitrogen and oxygen atoms in total. The molecule has 2 saturated heterocycles. The van der Waals surface area contributed by atoms with Gasteiger partial charge in [-0.1, -0.05) is 0 Å². The van der Waals surface area contributed by atoms with Gasteiger partial charge in [0.05, 0.1) is 12.7 Å². The summed E-state index contributed by atoms with van der Waals surface area (Å²) in [7, 11) is 9.06. The first-order chi connectivity index (χ1) is 6.65. The van der Waals surface area contributed by atoms with Gasteiger partial charge < -0.3 is 18.9 Å². The molecule has 0 aromatic carbocycles. The Balaban J connectivity index is 2.25. The highest BCUT2D eigenvalue weighted by atomic mass is 16.7. The number of methoxy groups -OCH3 is 2. The van der Waals surface area contributed by atoms with Crippen molar-refractivity contribution in [2.75, 3.05) is 20.8 Å². The lowest BCUT2D eigenvalue weighted by molar-refractivity contribution is -0.178. The van der Waals surface area contributed by atoms with Crippen LogP contribution in [-0.4, -0.2) is 58.6 Å². The Bertz CT molecular complexity index is 225. The Morgan fingerprint density at radius 2 is 2.14 bits per heavy atom. The van der Waals surface area contributed by atoms with Crippen molar-refractivity contribution in [3.8, 4) is 0 Å². The van der Waals surface area contributed by atoms with Crippen LogP contribution in [0.25, 0.3) is 0 Å². The van der Waals surface area contributed by atoms with E-state index in [4.69, 9.17) is 26.8 Å². The Kier molecular flexibility index (Phi) is 2.60. The van der Waals surface area contributed by atoms with Gasteiger partial charge in [0.1, 0.15) is 25.7 Å². The summed E-state index contributed by atoms with van der Waals surface area (Å²) in [6, 6.07) is -0.411. The van der Waals surface area contributed by atoms with Crippen molar-refractivity contribution in [3.63, 3.8) is 0 Å². The summed E-state index contributed by atoms with van der Waals surface area (Å²) in [6.45, 7) is 2.40. The van der Waals surface area contributed by atoms with Crippen LogP contribution in [0, 0.1) is 0 Å². The fourth-order valence-corrected chi connectivity index (χ4v) is 2.46. The van der Waals surface area contributed by atoms with E-state index >= 15 is 0 Å². The van der Waals surface area contributed by atoms with Crippen molar-refractivity contribution in [2.45, 2.75) is 36.8 Å². The van der Waals surface area contributed by atoms with Crippen LogP contribution in [0.5, 0.6) is 0 Å². The van der Waals surface area contributed by atoms with Crippen LogP contribution in [-0.2, 0) is 18.9 Å². The SMILES string of the molecule is [B][C@@H]1O[C@@]2(COC)C(C)OC1C2OC.